The number of carbonyl (C=O) groups is 1. The summed E-state index contributed by atoms with van der Waals surface area (Å²) >= 11 is 0. The first kappa shape index (κ1) is 10.0. The quantitative estimate of drug-likeness (QED) is 0.349. The third-order valence-electron chi connectivity index (χ3n) is 1.56. The molecule has 0 spiro atoms. The largest absolute Gasteiger partial charge is 0.469 e. The lowest BCUT2D eigenvalue weighted by molar-refractivity contribution is -0.145. The molecule has 0 rings (SSSR count). The third kappa shape index (κ3) is 4.44. The fourth-order valence-electron chi connectivity index (χ4n) is 0.829. The number of ether oxygens (including phenoxy) is 1. The van der Waals surface area contributed by atoms with Gasteiger partial charge in [0.05, 0.1) is 13.0 Å². The maximum atomic E-state index is 10.8. The molecule has 0 amide bonds. The van der Waals surface area contributed by atoms with E-state index in [0.717, 1.165) is 19.3 Å². The minimum atomic E-state index is -0.151. The standard InChI is InChI=1S/C9H14O2/c1-4-5-6-7-8(2)9(10)11-3/h1,8H,5-7H2,2-3H3. The molecule has 0 aliphatic carbocycles. The van der Waals surface area contributed by atoms with Gasteiger partial charge in [-0.3, -0.25) is 4.79 Å². The molecule has 1 unspecified atom stereocenters. The molecule has 0 aromatic rings. The van der Waals surface area contributed by atoms with Crippen LogP contribution in [-0.4, -0.2) is 13.1 Å². The molecule has 0 aromatic heterocycles. The average molecular weight is 154 g/mol. The van der Waals surface area contributed by atoms with Gasteiger partial charge in [0.1, 0.15) is 0 Å². The number of carbonyl (C=O) groups excluding carboxylic acids is 1. The maximum Gasteiger partial charge on any atom is 0.308 e. The third-order valence-corrected chi connectivity index (χ3v) is 1.56. The second-order valence-electron chi connectivity index (χ2n) is 2.52. The van der Waals surface area contributed by atoms with E-state index in [1.807, 2.05) is 6.92 Å². The number of methoxy groups -OCH3 is 1. The molecule has 0 aromatic carbocycles. The second kappa shape index (κ2) is 5.79. The van der Waals surface area contributed by atoms with E-state index in [1.165, 1.54) is 7.11 Å². The van der Waals surface area contributed by atoms with E-state index < -0.39 is 0 Å². The molecule has 0 aliphatic rings. The molecular formula is C9H14O2. The summed E-state index contributed by atoms with van der Waals surface area (Å²) in [4.78, 5) is 10.8. The zero-order valence-electron chi connectivity index (χ0n) is 7.09. The molecule has 0 fully saturated rings. The van der Waals surface area contributed by atoms with Crippen molar-refractivity contribution in [1.29, 1.82) is 0 Å². The van der Waals surface area contributed by atoms with Gasteiger partial charge in [-0.1, -0.05) is 6.92 Å². The van der Waals surface area contributed by atoms with Crippen LogP contribution in [0.1, 0.15) is 26.2 Å². The van der Waals surface area contributed by atoms with Crippen molar-refractivity contribution >= 4 is 5.97 Å². The molecule has 0 aliphatic heterocycles. The number of rotatable bonds is 4. The van der Waals surface area contributed by atoms with Crippen LogP contribution in [0.15, 0.2) is 0 Å². The Balaban J connectivity index is 3.45. The molecule has 62 valence electrons. The molecule has 0 saturated heterocycles. The number of hydrogen-bond acceptors (Lipinski definition) is 2. The van der Waals surface area contributed by atoms with Crippen LogP contribution in [0.25, 0.3) is 0 Å². The number of unbranched alkanes of at least 4 members (excludes halogenated alkanes) is 1. The highest BCUT2D eigenvalue weighted by Crippen LogP contribution is 2.08. The molecule has 0 saturated carbocycles. The van der Waals surface area contributed by atoms with E-state index in [9.17, 15) is 4.79 Å². The van der Waals surface area contributed by atoms with E-state index in [4.69, 9.17) is 6.42 Å². The molecule has 0 N–H and O–H groups in total. The van der Waals surface area contributed by atoms with Crippen LogP contribution in [0.2, 0.25) is 0 Å². The zero-order chi connectivity index (χ0) is 8.69. The van der Waals surface area contributed by atoms with Gasteiger partial charge < -0.3 is 4.74 Å². The lowest BCUT2D eigenvalue weighted by Crippen LogP contribution is -2.12. The Labute approximate surface area is 67.9 Å². The first-order valence-electron chi connectivity index (χ1n) is 3.73. The highest BCUT2D eigenvalue weighted by Gasteiger charge is 2.11. The fourth-order valence-corrected chi connectivity index (χ4v) is 0.829. The van der Waals surface area contributed by atoms with Crippen molar-refractivity contribution in [3.63, 3.8) is 0 Å². The summed E-state index contributed by atoms with van der Waals surface area (Å²) in [7, 11) is 1.40. The van der Waals surface area contributed by atoms with Crippen LogP contribution >= 0.6 is 0 Å². The molecule has 1 atom stereocenters. The minimum absolute atomic E-state index is 0.0200. The fraction of sp³-hybridized carbons (Fsp3) is 0.667. The van der Waals surface area contributed by atoms with E-state index in [1.54, 1.807) is 0 Å². The Morgan fingerprint density at radius 2 is 2.36 bits per heavy atom. The predicted octanol–water partition coefficient (Wildman–Crippen LogP) is 1.60. The molecule has 0 radical (unpaired) electrons. The van der Waals surface area contributed by atoms with Crippen molar-refractivity contribution in [2.24, 2.45) is 5.92 Å². The second-order valence-corrected chi connectivity index (χ2v) is 2.52. The van der Waals surface area contributed by atoms with E-state index in [0.29, 0.717) is 0 Å². The minimum Gasteiger partial charge on any atom is -0.469 e. The smallest absolute Gasteiger partial charge is 0.308 e. The number of esters is 1. The van der Waals surface area contributed by atoms with Gasteiger partial charge in [-0.25, -0.2) is 0 Å². The van der Waals surface area contributed by atoms with Crippen LogP contribution in [-0.2, 0) is 9.53 Å². The first-order chi connectivity index (χ1) is 5.22. The zero-order valence-corrected chi connectivity index (χ0v) is 7.09. The van der Waals surface area contributed by atoms with Crippen molar-refractivity contribution in [1.82, 2.24) is 0 Å². The van der Waals surface area contributed by atoms with Gasteiger partial charge in [-0.2, -0.15) is 0 Å². The summed E-state index contributed by atoms with van der Waals surface area (Å²) in [6.45, 7) is 1.85. The van der Waals surface area contributed by atoms with Crippen molar-refractivity contribution in [2.75, 3.05) is 7.11 Å². The van der Waals surface area contributed by atoms with Gasteiger partial charge in [0.15, 0.2) is 0 Å². The normalized spacial score (nSPS) is 11.7. The van der Waals surface area contributed by atoms with E-state index >= 15 is 0 Å². The van der Waals surface area contributed by atoms with Crippen LogP contribution < -0.4 is 0 Å². The lowest BCUT2D eigenvalue weighted by Gasteiger charge is -2.06. The Hall–Kier alpha value is -0.970. The van der Waals surface area contributed by atoms with Crippen molar-refractivity contribution < 1.29 is 9.53 Å². The van der Waals surface area contributed by atoms with Gasteiger partial charge in [-0.15, -0.1) is 12.3 Å². The van der Waals surface area contributed by atoms with Gasteiger partial charge in [0.25, 0.3) is 0 Å². The topological polar surface area (TPSA) is 26.3 Å². The van der Waals surface area contributed by atoms with Gasteiger partial charge in [-0.05, 0) is 12.8 Å². The van der Waals surface area contributed by atoms with Crippen molar-refractivity contribution in [3.8, 4) is 12.3 Å². The summed E-state index contributed by atoms with van der Waals surface area (Å²) in [5, 5.41) is 0. The highest BCUT2D eigenvalue weighted by molar-refractivity contribution is 5.71. The summed E-state index contributed by atoms with van der Waals surface area (Å²) in [6, 6.07) is 0. The molecule has 11 heavy (non-hydrogen) atoms. The summed E-state index contributed by atoms with van der Waals surface area (Å²) in [6.07, 6.45) is 7.51. The van der Waals surface area contributed by atoms with E-state index in [2.05, 4.69) is 10.7 Å². The van der Waals surface area contributed by atoms with E-state index in [-0.39, 0.29) is 11.9 Å². The number of terminal acetylenes is 1. The molecular weight excluding hydrogens is 140 g/mol. The lowest BCUT2D eigenvalue weighted by atomic mass is 10.1. The first-order valence-corrected chi connectivity index (χ1v) is 3.73. The molecule has 0 bridgehead atoms. The monoisotopic (exact) mass is 154 g/mol. The summed E-state index contributed by atoms with van der Waals surface area (Å²) < 4.78 is 4.55. The van der Waals surface area contributed by atoms with Gasteiger partial charge in [0, 0.05) is 6.42 Å². The maximum absolute atomic E-state index is 10.8. The summed E-state index contributed by atoms with van der Waals surface area (Å²) in [5.41, 5.74) is 0. The summed E-state index contributed by atoms with van der Waals surface area (Å²) in [5.74, 6) is 2.36. The Kier molecular flexibility index (Phi) is 5.28. The van der Waals surface area contributed by atoms with Crippen LogP contribution in [0.4, 0.5) is 0 Å². The Morgan fingerprint density at radius 1 is 1.73 bits per heavy atom. The van der Waals surface area contributed by atoms with Crippen LogP contribution in [0, 0.1) is 18.3 Å². The predicted molar refractivity (Wildman–Crippen MR) is 43.9 cm³/mol. The Bertz CT molecular complexity index is 155. The van der Waals surface area contributed by atoms with Crippen LogP contribution in [0.5, 0.6) is 0 Å². The van der Waals surface area contributed by atoms with Crippen molar-refractivity contribution in [3.05, 3.63) is 0 Å². The molecule has 2 nitrogen and oxygen atoms in total. The molecule has 2 heteroatoms. The number of hydrogen-bond donors (Lipinski definition) is 0. The Morgan fingerprint density at radius 3 is 2.82 bits per heavy atom. The SMILES string of the molecule is C#CCCCC(C)C(=O)OC. The van der Waals surface area contributed by atoms with Crippen molar-refractivity contribution in [2.45, 2.75) is 26.2 Å². The highest BCUT2D eigenvalue weighted by atomic mass is 16.5. The van der Waals surface area contributed by atoms with Crippen LogP contribution in [0.3, 0.4) is 0 Å². The van der Waals surface area contributed by atoms with Gasteiger partial charge in [0.2, 0.25) is 0 Å². The van der Waals surface area contributed by atoms with Gasteiger partial charge >= 0.3 is 5.97 Å². The molecule has 0 heterocycles. The average Bonchev–Trinajstić information content (AvgIpc) is 2.03.